The maximum Gasteiger partial charge on any atom is 0.339 e. The van der Waals surface area contributed by atoms with Crippen LogP contribution in [-0.4, -0.2) is 61.4 Å². The van der Waals surface area contributed by atoms with Gasteiger partial charge in [-0.1, -0.05) is 30.7 Å². The fourth-order valence-electron chi connectivity index (χ4n) is 3.64. The van der Waals surface area contributed by atoms with E-state index in [1.807, 2.05) is 6.08 Å². The summed E-state index contributed by atoms with van der Waals surface area (Å²) in [6.07, 6.45) is 4.75. The van der Waals surface area contributed by atoms with Crippen molar-refractivity contribution in [2.75, 3.05) is 44.7 Å². The van der Waals surface area contributed by atoms with Gasteiger partial charge in [-0.15, -0.1) is 6.58 Å². The van der Waals surface area contributed by atoms with Crippen LogP contribution in [0.5, 0.6) is 0 Å². The van der Waals surface area contributed by atoms with E-state index in [9.17, 15) is 4.79 Å². The monoisotopic (exact) mass is 417 g/mol. The van der Waals surface area contributed by atoms with Crippen molar-refractivity contribution in [3.63, 3.8) is 0 Å². The number of amides is 2. The second-order valence-electron chi connectivity index (χ2n) is 7.00. The van der Waals surface area contributed by atoms with Crippen molar-refractivity contribution < 1.29 is 9.53 Å². The van der Waals surface area contributed by atoms with Crippen molar-refractivity contribution in [2.45, 2.75) is 13.3 Å². The van der Waals surface area contributed by atoms with Crippen molar-refractivity contribution in [1.82, 2.24) is 15.2 Å². The van der Waals surface area contributed by atoms with Crippen LogP contribution in [0.3, 0.4) is 0 Å². The Morgan fingerprint density at radius 2 is 2.21 bits per heavy atom. The second kappa shape index (κ2) is 10.3. The summed E-state index contributed by atoms with van der Waals surface area (Å²) < 4.78 is 5.51. The molecule has 1 aromatic carbocycles. The number of carbonyl (C=O) groups excluding carboxylic acids is 1. The highest BCUT2D eigenvalue weighted by Crippen LogP contribution is 2.31. The van der Waals surface area contributed by atoms with Crippen LogP contribution in [0.25, 0.3) is 0 Å². The number of urea groups is 1. The summed E-state index contributed by atoms with van der Waals surface area (Å²) in [5.74, 6) is 1.33. The number of benzene rings is 1. The van der Waals surface area contributed by atoms with Gasteiger partial charge < -0.3 is 19.9 Å². The highest BCUT2D eigenvalue weighted by Gasteiger charge is 2.32. The molecule has 8 heteroatoms. The number of morpholine rings is 1. The van der Waals surface area contributed by atoms with Crippen LogP contribution >= 0.6 is 11.6 Å². The maximum absolute atomic E-state index is 12.1. The topological polar surface area (TPSA) is 69.2 Å². The second-order valence-corrected chi connectivity index (χ2v) is 7.44. The third-order valence-electron chi connectivity index (χ3n) is 4.92. The zero-order valence-electron chi connectivity index (χ0n) is 16.7. The molecule has 2 amide bonds. The Bertz CT molecular complexity index is 789. The van der Waals surface area contributed by atoms with Crippen LogP contribution < -0.4 is 10.7 Å². The van der Waals surface area contributed by atoms with E-state index < -0.39 is 6.03 Å². The van der Waals surface area contributed by atoms with Gasteiger partial charge in [0.15, 0.2) is 0 Å². The highest BCUT2D eigenvalue weighted by atomic mass is 35.5. The lowest BCUT2D eigenvalue weighted by Crippen LogP contribution is -2.41. The molecule has 1 saturated heterocycles. The van der Waals surface area contributed by atoms with Gasteiger partial charge in [-0.05, 0) is 24.6 Å². The molecule has 0 aromatic heterocycles. The summed E-state index contributed by atoms with van der Waals surface area (Å²) in [5, 5.41) is 7.47. The Labute approximate surface area is 177 Å². The molecule has 0 radical (unpaired) electrons. The molecule has 2 aliphatic rings. The summed E-state index contributed by atoms with van der Waals surface area (Å²) in [6, 6.07) is 6.55. The minimum absolute atomic E-state index is 0.168. The van der Waals surface area contributed by atoms with E-state index in [4.69, 9.17) is 16.3 Å². The molecule has 1 fully saturated rings. The van der Waals surface area contributed by atoms with Gasteiger partial charge in [0.2, 0.25) is 0 Å². The first-order chi connectivity index (χ1) is 14.1. The number of hydrazone groups is 1. The molecule has 29 heavy (non-hydrogen) atoms. The number of hydrogen-bond donors (Lipinski definition) is 2. The third kappa shape index (κ3) is 5.52. The number of ether oxygens (including phenoxy) is 1. The summed E-state index contributed by atoms with van der Waals surface area (Å²) in [5.41, 5.74) is 4.22. The number of halogens is 1. The molecule has 2 heterocycles. The molecule has 1 atom stereocenters. The molecule has 7 nitrogen and oxygen atoms in total. The van der Waals surface area contributed by atoms with E-state index in [-0.39, 0.29) is 5.92 Å². The smallest absolute Gasteiger partial charge is 0.339 e. The zero-order valence-corrected chi connectivity index (χ0v) is 17.5. The SMILES string of the molecule is C=CC1CN(CCC)C(N2CCOCC2)=C1/C=N/NC(=O)Nc1cccc(Cl)c1. The minimum Gasteiger partial charge on any atom is -0.378 e. The first kappa shape index (κ1) is 21.2. The molecule has 3 rings (SSSR count). The summed E-state index contributed by atoms with van der Waals surface area (Å²) in [6.45, 7) is 11.1. The van der Waals surface area contributed by atoms with Gasteiger partial charge in [0, 0.05) is 48.4 Å². The van der Waals surface area contributed by atoms with Gasteiger partial charge in [0.1, 0.15) is 5.82 Å². The van der Waals surface area contributed by atoms with Crippen molar-refractivity contribution >= 4 is 29.5 Å². The third-order valence-corrected chi connectivity index (χ3v) is 5.15. The average molecular weight is 418 g/mol. The normalized spacial score (nSPS) is 19.7. The Balaban J connectivity index is 1.73. The van der Waals surface area contributed by atoms with Crippen LogP contribution in [0.15, 0.2) is 53.4 Å². The van der Waals surface area contributed by atoms with Gasteiger partial charge in [0.05, 0.1) is 19.4 Å². The van der Waals surface area contributed by atoms with Crippen LogP contribution in [0.1, 0.15) is 13.3 Å². The van der Waals surface area contributed by atoms with E-state index in [0.29, 0.717) is 23.9 Å². The molecule has 0 aliphatic carbocycles. The largest absolute Gasteiger partial charge is 0.378 e. The number of hydrogen-bond acceptors (Lipinski definition) is 5. The summed E-state index contributed by atoms with van der Waals surface area (Å²) >= 11 is 5.94. The predicted molar refractivity (Wildman–Crippen MR) is 117 cm³/mol. The van der Waals surface area contributed by atoms with E-state index >= 15 is 0 Å². The van der Waals surface area contributed by atoms with Gasteiger partial charge in [-0.25, -0.2) is 10.2 Å². The Hall–Kier alpha value is -2.51. The van der Waals surface area contributed by atoms with Crippen LogP contribution in [0.2, 0.25) is 5.02 Å². The van der Waals surface area contributed by atoms with Crippen molar-refractivity contribution in [3.8, 4) is 0 Å². The molecular weight excluding hydrogens is 390 g/mol. The molecule has 2 N–H and O–H groups in total. The van der Waals surface area contributed by atoms with Crippen LogP contribution in [-0.2, 0) is 4.74 Å². The molecule has 156 valence electrons. The zero-order chi connectivity index (χ0) is 20.6. The lowest BCUT2D eigenvalue weighted by atomic mass is 10.0. The Morgan fingerprint density at radius 1 is 1.41 bits per heavy atom. The lowest BCUT2D eigenvalue weighted by molar-refractivity contribution is 0.0397. The Kier molecular flexibility index (Phi) is 7.55. The van der Waals surface area contributed by atoms with Crippen molar-refractivity contribution in [3.05, 3.63) is 53.3 Å². The van der Waals surface area contributed by atoms with Crippen molar-refractivity contribution in [1.29, 1.82) is 0 Å². The van der Waals surface area contributed by atoms with Gasteiger partial charge >= 0.3 is 6.03 Å². The van der Waals surface area contributed by atoms with Gasteiger partial charge in [-0.2, -0.15) is 5.10 Å². The Morgan fingerprint density at radius 3 is 2.90 bits per heavy atom. The summed E-state index contributed by atoms with van der Waals surface area (Å²) in [4.78, 5) is 16.9. The molecular formula is C21H28ClN5O2. The first-order valence-electron chi connectivity index (χ1n) is 9.92. The van der Waals surface area contributed by atoms with E-state index in [1.165, 1.54) is 5.82 Å². The molecule has 1 aromatic rings. The van der Waals surface area contributed by atoms with E-state index in [2.05, 4.69) is 39.1 Å². The van der Waals surface area contributed by atoms with Gasteiger partial charge in [0.25, 0.3) is 0 Å². The number of nitrogens with zero attached hydrogens (tertiary/aromatic N) is 3. The van der Waals surface area contributed by atoms with Gasteiger partial charge in [-0.3, -0.25) is 0 Å². The van der Waals surface area contributed by atoms with Crippen LogP contribution in [0.4, 0.5) is 10.5 Å². The summed E-state index contributed by atoms with van der Waals surface area (Å²) in [7, 11) is 0. The molecule has 0 saturated carbocycles. The molecule has 1 unspecified atom stereocenters. The number of carbonyl (C=O) groups is 1. The maximum atomic E-state index is 12.1. The quantitative estimate of drug-likeness (QED) is 0.404. The standard InChI is InChI=1S/C21H28ClN5O2/c1-3-8-27-15-16(4-2)19(20(27)26-9-11-29-12-10-26)14-23-25-21(28)24-18-7-5-6-17(22)13-18/h4-7,13-14,16H,2-3,8-12,15H2,1H3,(H2,24,25,28)/b23-14+. The predicted octanol–water partition coefficient (Wildman–Crippen LogP) is 3.52. The molecule has 0 bridgehead atoms. The molecule has 0 spiro atoms. The number of nitrogens with one attached hydrogen (secondary N) is 2. The first-order valence-corrected chi connectivity index (χ1v) is 10.3. The fourth-order valence-corrected chi connectivity index (χ4v) is 3.83. The average Bonchev–Trinajstić information content (AvgIpc) is 3.06. The number of anilines is 1. The number of rotatable bonds is 7. The van der Waals surface area contributed by atoms with Crippen LogP contribution in [0, 0.1) is 5.92 Å². The highest BCUT2D eigenvalue weighted by molar-refractivity contribution is 6.30. The fraction of sp³-hybridized carbons (Fsp3) is 0.429. The van der Waals surface area contributed by atoms with Crippen molar-refractivity contribution in [2.24, 2.45) is 11.0 Å². The minimum atomic E-state index is -0.421. The van der Waals surface area contributed by atoms with E-state index in [1.54, 1.807) is 30.5 Å². The molecule has 2 aliphatic heterocycles. The van der Waals surface area contributed by atoms with E-state index in [0.717, 1.165) is 38.2 Å². The lowest BCUT2D eigenvalue weighted by Gasteiger charge is -2.35.